The number of nitrogens with zero attached hydrogens (tertiary/aromatic N) is 4. The highest BCUT2D eigenvalue weighted by Crippen LogP contribution is 2.40. The van der Waals surface area contributed by atoms with Crippen molar-refractivity contribution >= 4 is 17.0 Å². The minimum Gasteiger partial charge on any atom is -0.494 e. The van der Waals surface area contributed by atoms with Crippen LogP contribution in [0.2, 0.25) is 0 Å². The molecule has 4 aromatic rings. The SMILES string of the molecule is COc1cc(C(=O)NC2C3CC2CN(C)C3)cnc1-c1cc2nccc(-c3ccc(OC4CCOCC4)c(C#N)c3)c2o1. The van der Waals surface area contributed by atoms with E-state index in [-0.39, 0.29) is 18.1 Å². The van der Waals surface area contributed by atoms with Gasteiger partial charge in [-0.2, -0.15) is 5.26 Å². The van der Waals surface area contributed by atoms with E-state index in [0.717, 1.165) is 37.1 Å². The molecule has 2 unspecified atom stereocenters. The van der Waals surface area contributed by atoms with Crippen molar-refractivity contribution in [1.29, 1.82) is 5.26 Å². The number of likely N-dealkylation sites (tertiary alicyclic amines) is 1. The second-order valence-electron chi connectivity index (χ2n) is 11.7. The number of carbonyl (C=O) groups excluding carboxylic acids is 1. The molecule has 0 radical (unpaired) electrons. The monoisotopic (exact) mass is 579 g/mol. The molecular formula is C33H33N5O5. The molecule has 3 aliphatic rings. The Morgan fingerprint density at radius 1 is 1.09 bits per heavy atom. The number of nitrogens with one attached hydrogen (secondary N) is 1. The number of fused-ring (bicyclic) bond motifs is 3. The van der Waals surface area contributed by atoms with Crippen LogP contribution in [-0.2, 0) is 4.74 Å². The van der Waals surface area contributed by atoms with Crippen LogP contribution in [0.1, 0.15) is 35.2 Å². The number of benzene rings is 1. The summed E-state index contributed by atoms with van der Waals surface area (Å²) in [7, 11) is 3.68. The van der Waals surface area contributed by atoms with Gasteiger partial charge in [-0.15, -0.1) is 0 Å². The topological polar surface area (TPSA) is 123 Å². The Kier molecular flexibility index (Phi) is 7.21. The number of amides is 1. The van der Waals surface area contributed by atoms with Gasteiger partial charge < -0.3 is 28.8 Å². The van der Waals surface area contributed by atoms with Gasteiger partial charge >= 0.3 is 0 Å². The van der Waals surface area contributed by atoms with Crippen LogP contribution in [0.25, 0.3) is 33.7 Å². The molecular weight excluding hydrogens is 546 g/mol. The van der Waals surface area contributed by atoms with Gasteiger partial charge in [0.2, 0.25) is 0 Å². The first-order chi connectivity index (χ1) is 21.0. The number of hydrogen-bond donors (Lipinski definition) is 1. The quantitative estimate of drug-likeness (QED) is 0.333. The summed E-state index contributed by atoms with van der Waals surface area (Å²) in [6.45, 7) is 3.34. The lowest BCUT2D eigenvalue weighted by Crippen LogP contribution is -2.63. The van der Waals surface area contributed by atoms with Crippen LogP contribution in [0.5, 0.6) is 11.5 Å². The maximum Gasteiger partial charge on any atom is 0.253 e. The Bertz CT molecular complexity index is 1710. The van der Waals surface area contributed by atoms with E-state index in [1.165, 1.54) is 6.42 Å². The minimum atomic E-state index is -0.146. The van der Waals surface area contributed by atoms with Crippen LogP contribution >= 0.6 is 0 Å². The Morgan fingerprint density at radius 2 is 1.91 bits per heavy atom. The number of piperidine rings is 2. The molecule has 3 fully saturated rings. The van der Waals surface area contributed by atoms with Gasteiger partial charge in [0, 0.05) is 56.0 Å². The van der Waals surface area contributed by atoms with Crippen LogP contribution in [0, 0.1) is 23.2 Å². The number of nitriles is 1. The summed E-state index contributed by atoms with van der Waals surface area (Å²) in [5.74, 6) is 2.32. The predicted molar refractivity (Wildman–Crippen MR) is 159 cm³/mol. The lowest BCUT2D eigenvalue weighted by atomic mass is 9.66. The Labute approximate surface area is 249 Å². The third-order valence-electron chi connectivity index (χ3n) is 8.86. The fourth-order valence-electron chi connectivity index (χ4n) is 6.65. The van der Waals surface area contributed by atoms with Gasteiger partial charge in [0.25, 0.3) is 5.91 Å². The van der Waals surface area contributed by atoms with Crippen molar-refractivity contribution in [2.45, 2.75) is 31.4 Å². The summed E-state index contributed by atoms with van der Waals surface area (Å²) in [5, 5.41) is 13.1. The molecule has 5 heterocycles. The number of furan rings is 1. The normalized spacial score (nSPS) is 22.0. The van der Waals surface area contributed by atoms with Crippen molar-refractivity contribution in [3.05, 3.63) is 59.9 Å². The number of methoxy groups -OCH3 is 1. The highest BCUT2D eigenvalue weighted by molar-refractivity contribution is 5.96. The van der Waals surface area contributed by atoms with E-state index in [9.17, 15) is 10.1 Å². The lowest BCUT2D eigenvalue weighted by Gasteiger charge is -2.52. The van der Waals surface area contributed by atoms with E-state index in [1.54, 1.807) is 25.6 Å². The third-order valence-corrected chi connectivity index (χ3v) is 8.86. The molecule has 1 N–H and O–H groups in total. The zero-order chi connectivity index (χ0) is 29.5. The fourth-order valence-corrected chi connectivity index (χ4v) is 6.65. The summed E-state index contributed by atoms with van der Waals surface area (Å²) in [4.78, 5) is 24.5. The predicted octanol–water partition coefficient (Wildman–Crippen LogP) is 4.67. The largest absolute Gasteiger partial charge is 0.494 e. The van der Waals surface area contributed by atoms with E-state index in [4.69, 9.17) is 18.6 Å². The van der Waals surface area contributed by atoms with Gasteiger partial charge in [-0.25, -0.2) is 4.98 Å². The maximum atomic E-state index is 13.1. The first kappa shape index (κ1) is 27.4. The number of carbonyl (C=O) groups is 1. The summed E-state index contributed by atoms with van der Waals surface area (Å²) in [5.41, 5.74) is 4.17. The summed E-state index contributed by atoms with van der Waals surface area (Å²) in [6, 6.07) is 13.4. The Morgan fingerprint density at radius 3 is 2.67 bits per heavy atom. The van der Waals surface area contributed by atoms with Gasteiger partial charge in [0.05, 0.1) is 31.5 Å². The van der Waals surface area contributed by atoms with Gasteiger partial charge in [-0.3, -0.25) is 9.78 Å². The number of pyridine rings is 2. The zero-order valence-electron chi connectivity index (χ0n) is 24.2. The second-order valence-corrected chi connectivity index (χ2v) is 11.7. The first-order valence-electron chi connectivity index (χ1n) is 14.7. The van der Waals surface area contributed by atoms with Crippen LogP contribution < -0.4 is 14.8 Å². The van der Waals surface area contributed by atoms with Crippen LogP contribution in [0.3, 0.4) is 0 Å². The van der Waals surface area contributed by atoms with E-state index >= 15 is 0 Å². The molecule has 0 spiro atoms. The van der Waals surface area contributed by atoms with Crippen molar-refractivity contribution in [2.75, 3.05) is 40.5 Å². The van der Waals surface area contributed by atoms with Gasteiger partial charge in [-0.05, 0) is 55.1 Å². The maximum absolute atomic E-state index is 13.1. The molecule has 10 heteroatoms. The Balaban J connectivity index is 1.15. The average molecular weight is 580 g/mol. The molecule has 2 atom stereocenters. The van der Waals surface area contributed by atoms with E-state index < -0.39 is 0 Å². The molecule has 1 amide bonds. The molecule has 43 heavy (non-hydrogen) atoms. The van der Waals surface area contributed by atoms with E-state index in [1.807, 2.05) is 30.3 Å². The standard InChI is InChI=1S/C33H33N5O5/c1-38-17-22-12-23(18-38)30(22)37-33(39)21-13-28(40-2)31(36-16-21)29-14-26-32(43-29)25(5-8-35-26)19-3-4-27(20(11-19)15-34)42-24-6-9-41-10-7-24/h3-5,8,11,13-14,16,22-24,30H,6-7,9-10,12,17-18H2,1-2H3,(H,37,39). The van der Waals surface area contributed by atoms with Crippen molar-refractivity contribution in [2.24, 2.45) is 11.8 Å². The van der Waals surface area contributed by atoms with Crippen LogP contribution in [0.4, 0.5) is 0 Å². The number of rotatable bonds is 7. The zero-order valence-corrected chi connectivity index (χ0v) is 24.2. The molecule has 220 valence electrons. The highest BCUT2D eigenvalue weighted by Gasteiger charge is 2.46. The smallest absolute Gasteiger partial charge is 0.253 e. The summed E-state index contributed by atoms with van der Waals surface area (Å²) >= 11 is 0. The van der Waals surface area contributed by atoms with Crippen LogP contribution in [-0.4, -0.2) is 73.4 Å². The van der Waals surface area contributed by atoms with Gasteiger partial charge in [0.15, 0.2) is 11.3 Å². The molecule has 10 nitrogen and oxygen atoms in total. The highest BCUT2D eigenvalue weighted by atomic mass is 16.5. The Hall–Kier alpha value is -4.46. The number of hydrogen-bond acceptors (Lipinski definition) is 9. The first-order valence-corrected chi connectivity index (χ1v) is 14.7. The van der Waals surface area contributed by atoms with E-state index in [0.29, 0.717) is 70.2 Å². The number of ether oxygens (including phenoxy) is 3. The molecule has 1 aromatic carbocycles. The minimum absolute atomic E-state index is 0.0341. The third kappa shape index (κ3) is 5.19. The molecule has 2 saturated heterocycles. The molecule has 1 aliphatic carbocycles. The lowest BCUT2D eigenvalue weighted by molar-refractivity contribution is -0.000576. The molecule has 1 saturated carbocycles. The van der Waals surface area contributed by atoms with Crippen molar-refractivity contribution < 1.29 is 23.4 Å². The van der Waals surface area contributed by atoms with Gasteiger partial charge in [-0.1, -0.05) is 6.07 Å². The molecule has 2 aliphatic heterocycles. The van der Waals surface area contributed by atoms with Crippen molar-refractivity contribution in [3.8, 4) is 40.1 Å². The summed E-state index contributed by atoms with van der Waals surface area (Å²) in [6.07, 6.45) is 6.08. The summed E-state index contributed by atoms with van der Waals surface area (Å²) < 4.78 is 23.5. The average Bonchev–Trinajstić information content (AvgIpc) is 3.48. The van der Waals surface area contributed by atoms with Gasteiger partial charge in [0.1, 0.15) is 34.9 Å². The van der Waals surface area contributed by atoms with Crippen molar-refractivity contribution in [3.63, 3.8) is 0 Å². The van der Waals surface area contributed by atoms with E-state index in [2.05, 4.69) is 33.3 Å². The van der Waals surface area contributed by atoms with Crippen LogP contribution in [0.15, 0.2) is 53.2 Å². The number of aromatic nitrogens is 2. The molecule has 2 bridgehead atoms. The molecule has 3 aromatic heterocycles. The second kappa shape index (κ2) is 11.3. The molecule has 7 rings (SSSR count). The van der Waals surface area contributed by atoms with Crippen molar-refractivity contribution in [1.82, 2.24) is 20.2 Å². The fraction of sp³-hybridized carbons (Fsp3) is 0.394.